The first-order valence-corrected chi connectivity index (χ1v) is 14.8. The number of thioether (sulfide) groups is 1. The summed E-state index contributed by atoms with van der Waals surface area (Å²) in [7, 11) is 0. The lowest BCUT2D eigenvalue weighted by Crippen LogP contribution is -2.33. The SMILES string of the molecule is CCN(CC)CCCC(C)NC(=O)CCCSc1nnc2c3cc(C)ccc3n(Cc3ccccc3)c2n1. The molecule has 202 valence electrons. The third kappa shape index (κ3) is 7.32. The zero-order valence-electron chi connectivity index (χ0n) is 23.1. The van der Waals surface area contributed by atoms with Crippen LogP contribution in [0.15, 0.2) is 53.7 Å². The van der Waals surface area contributed by atoms with Crippen LogP contribution in [-0.2, 0) is 11.3 Å². The van der Waals surface area contributed by atoms with Crippen molar-refractivity contribution in [1.82, 2.24) is 30.0 Å². The van der Waals surface area contributed by atoms with Gasteiger partial charge in [0.1, 0.15) is 5.52 Å². The van der Waals surface area contributed by atoms with Crippen molar-refractivity contribution in [3.8, 4) is 0 Å². The maximum Gasteiger partial charge on any atom is 0.220 e. The van der Waals surface area contributed by atoms with Gasteiger partial charge >= 0.3 is 0 Å². The van der Waals surface area contributed by atoms with E-state index in [0.717, 1.165) is 73.3 Å². The Hall–Kier alpha value is -2.97. The van der Waals surface area contributed by atoms with E-state index >= 15 is 0 Å². The van der Waals surface area contributed by atoms with Gasteiger partial charge in [0.15, 0.2) is 5.65 Å². The molecule has 0 fully saturated rings. The summed E-state index contributed by atoms with van der Waals surface area (Å²) in [5, 5.41) is 13.9. The smallest absolute Gasteiger partial charge is 0.220 e. The molecule has 0 saturated carbocycles. The number of carbonyl (C=O) groups is 1. The number of nitrogens with zero attached hydrogens (tertiary/aromatic N) is 5. The highest BCUT2D eigenvalue weighted by Crippen LogP contribution is 2.29. The van der Waals surface area contributed by atoms with Crippen LogP contribution in [0.5, 0.6) is 0 Å². The van der Waals surface area contributed by atoms with Crippen LogP contribution in [0.4, 0.5) is 0 Å². The highest BCUT2D eigenvalue weighted by molar-refractivity contribution is 7.99. The van der Waals surface area contributed by atoms with E-state index in [0.29, 0.717) is 11.6 Å². The molecule has 0 saturated heterocycles. The quantitative estimate of drug-likeness (QED) is 0.163. The topological polar surface area (TPSA) is 75.9 Å². The fourth-order valence-electron chi connectivity index (χ4n) is 4.82. The number of rotatable bonds is 14. The molecule has 4 aromatic rings. The van der Waals surface area contributed by atoms with Crippen molar-refractivity contribution < 1.29 is 4.79 Å². The lowest BCUT2D eigenvalue weighted by molar-refractivity contribution is -0.121. The van der Waals surface area contributed by atoms with E-state index in [2.05, 4.69) is 95.1 Å². The molecule has 1 atom stereocenters. The van der Waals surface area contributed by atoms with Gasteiger partial charge in [0.25, 0.3) is 0 Å². The lowest BCUT2D eigenvalue weighted by atomic mass is 10.1. The van der Waals surface area contributed by atoms with Crippen molar-refractivity contribution in [3.63, 3.8) is 0 Å². The van der Waals surface area contributed by atoms with Gasteiger partial charge in [0.2, 0.25) is 11.1 Å². The van der Waals surface area contributed by atoms with E-state index in [9.17, 15) is 4.79 Å². The number of hydrogen-bond donors (Lipinski definition) is 1. The fraction of sp³-hybridized carbons (Fsp3) is 0.467. The summed E-state index contributed by atoms with van der Waals surface area (Å²) in [4.78, 5) is 19.7. The summed E-state index contributed by atoms with van der Waals surface area (Å²) >= 11 is 1.56. The number of fused-ring (bicyclic) bond motifs is 3. The largest absolute Gasteiger partial charge is 0.354 e. The van der Waals surface area contributed by atoms with E-state index in [-0.39, 0.29) is 11.9 Å². The molecule has 8 heteroatoms. The Kier molecular flexibility index (Phi) is 10.1. The Morgan fingerprint density at radius 1 is 1.08 bits per heavy atom. The third-order valence-electron chi connectivity index (χ3n) is 6.98. The molecule has 2 aromatic heterocycles. The van der Waals surface area contributed by atoms with E-state index in [1.54, 1.807) is 11.8 Å². The van der Waals surface area contributed by atoms with E-state index in [1.807, 2.05) is 6.07 Å². The Morgan fingerprint density at radius 2 is 1.87 bits per heavy atom. The van der Waals surface area contributed by atoms with Gasteiger partial charge < -0.3 is 14.8 Å². The van der Waals surface area contributed by atoms with Gasteiger partial charge in [0, 0.05) is 30.1 Å². The molecule has 0 aliphatic heterocycles. The zero-order valence-corrected chi connectivity index (χ0v) is 23.9. The summed E-state index contributed by atoms with van der Waals surface area (Å²) < 4.78 is 2.23. The predicted octanol–water partition coefficient (Wildman–Crippen LogP) is 5.84. The van der Waals surface area contributed by atoms with Crippen LogP contribution in [0, 0.1) is 6.92 Å². The van der Waals surface area contributed by atoms with Crippen molar-refractivity contribution in [2.75, 3.05) is 25.4 Å². The van der Waals surface area contributed by atoms with Gasteiger partial charge in [-0.25, -0.2) is 4.98 Å². The standard InChI is InChI=1S/C30H40N6OS/c1-5-35(6-2)18-10-12-23(4)31-27(37)15-11-19-38-30-32-29-28(33-34-30)25-20-22(3)16-17-26(25)36(29)21-24-13-8-7-9-14-24/h7-9,13-14,16-17,20,23H,5-6,10-12,15,18-19,21H2,1-4H3,(H,31,37). The third-order valence-corrected chi connectivity index (χ3v) is 7.90. The molecule has 2 heterocycles. The first kappa shape index (κ1) is 28.0. The normalized spacial score (nSPS) is 12.4. The van der Waals surface area contributed by atoms with Crippen LogP contribution in [0.1, 0.15) is 57.6 Å². The van der Waals surface area contributed by atoms with Gasteiger partial charge in [-0.2, -0.15) is 0 Å². The fourth-order valence-corrected chi connectivity index (χ4v) is 5.54. The summed E-state index contributed by atoms with van der Waals surface area (Å²) in [6.45, 7) is 12.5. The van der Waals surface area contributed by atoms with Crippen LogP contribution in [-0.4, -0.2) is 62.0 Å². The molecule has 7 nitrogen and oxygen atoms in total. The molecule has 1 amide bonds. The number of benzene rings is 2. The minimum Gasteiger partial charge on any atom is -0.354 e. The molecular weight excluding hydrogens is 492 g/mol. The Balaban J connectivity index is 1.34. The molecule has 1 unspecified atom stereocenters. The Labute approximate surface area is 230 Å². The average Bonchev–Trinajstić information content (AvgIpc) is 3.21. The second-order valence-electron chi connectivity index (χ2n) is 9.95. The Bertz CT molecular complexity index is 1340. The van der Waals surface area contributed by atoms with Crippen LogP contribution >= 0.6 is 11.8 Å². The second-order valence-corrected chi connectivity index (χ2v) is 11.0. The molecular formula is C30H40N6OS. The molecule has 1 N–H and O–H groups in total. The number of amides is 1. The first-order chi connectivity index (χ1) is 18.5. The number of aromatic nitrogens is 4. The van der Waals surface area contributed by atoms with Crippen LogP contribution in [0.3, 0.4) is 0 Å². The number of aryl methyl sites for hydroxylation is 1. The zero-order chi connectivity index (χ0) is 26.9. The highest BCUT2D eigenvalue weighted by atomic mass is 32.2. The van der Waals surface area contributed by atoms with Gasteiger partial charge in [-0.3, -0.25) is 4.79 Å². The number of carbonyl (C=O) groups excluding carboxylic acids is 1. The highest BCUT2D eigenvalue weighted by Gasteiger charge is 2.16. The van der Waals surface area contributed by atoms with Gasteiger partial charge in [0.05, 0.1) is 5.52 Å². The monoisotopic (exact) mass is 532 g/mol. The van der Waals surface area contributed by atoms with Crippen LogP contribution in [0.25, 0.3) is 22.1 Å². The maximum atomic E-state index is 12.4. The Morgan fingerprint density at radius 3 is 2.63 bits per heavy atom. The van der Waals surface area contributed by atoms with Gasteiger partial charge in [-0.1, -0.05) is 67.6 Å². The number of nitrogens with one attached hydrogen (secondary N) is 1. The minimum atomic E-state index is 0.119. The van der Waals surface area contributed by atoms with Crippen LogP contribution in [0.2, 0.25) is 0 Å². The van der Waals surface area contributed by atoms with Crippen molar-refractivity contribution in [2.45, 2.75) is 71.1 Å². The summed E-state index contributed by atoms with van der Waals surface area (Å²) in [5.74, 6) is 0.892. The first-order valence-electron chi connectivity index (χ1n) is 13.8. The lowest BCUT2D eigenvalue weighted by Gasteiger charge is -2.19. The van der Waals surface area contributed by atoms with Crippen molar-refractivity contribution >= 4 is 39.7 Å². The average molecular weight is 533 g/mol. The molecule has 0 spiro atoms. The number of hydrogen-bond acceptors (Lipinski definition) is 6. The van der Waals surface area contributed by atoms with E-state index in [4.69, 9.17) is 4.98 Å². The molecule has 2 aromatic carbocycles. The molecule has 38 heavy (non-hydrogen) atoms. The maximum absolute atomic E-state index is 12.4. The summed E-state index contributed by atoms with van der Waals surface area (Å²) in [6, 6.07) is 17.1. The molecule has 4 rings (SSSR count). The van der Waals surface area contributed by atoms with Crippen molar-refractivity contribution in [1.29, 1.82) is 0 Å². The molecule has 0 bridgehead atoms. The summed E-state index contributed by atoms with van der Waals surface area (Å²) in [5.41, 5.74) is 5.20. The molecule has 0 radical (unpaired) electrons. The summed E-state index contributed by atoms with van der Waals surface area (Å²) in [6.07, 6.45) is 3.40. The second kappa shape index (κ2) is 13.7. The van der Waals surface area contributed by atoms with Gasteiger partial charge in [-0.15, -0.1) is 10.2 Å². The van der Waals surface area contributed by atoms with E-state index < -0.39 is 0 Å². The van der Waals surface area contributed by atoms with E-state index in [1.165, 1.54) is 11.1 Å². The van der Waals surface area contributed by atoms with Gasteiger partial charge in [-0.05, 0) is 70.4 Å². The van der Waals surface area contributed by atoms with Crippen LogP contribution < -0.4 is 5.32 Å². The van der Waals surface area contributed by atoms with Crippen molar-refractivity contribution in [3.05, 3.63) is 59.7 Å². The molecule has 0 aliphatic rings. The minimum absolute atomic E-state index is 0.119. The predicted molar refractivity (Wildman–Crippen MR) is 158 cm³/mol. The van der Waals surface area contributed by atoms with Crippen molar-refractivity contribution in [2.24, 2.45) is 0 Å². The molecule has 0 aliphatic carbocycles.